The van der Waals surface area contributed by atoms with E-state index in [4.69, 9.17) is 4.74 Å². The zero-order chi connectivity index (χ0) is 18.4. The molecule has 0 atom stereocenters. The molecule has 3 rings (SSSR count). The minimum atomic E-state index is -0.560. The Morgan fingerprint density at radius 3 is 2.04 bits per heavy atom. The molecule has 1 heterocycles. The fourth-order valence-corrected chi connectivity index (χ4v) is 2.04. The Hall–Kier alpha value is -3.74. The fourth-order valence-electron chi connectivity index (χ4n) is 2.04. The van der Waals surface area contributed by atoms with Gasteiger partial charge in [-0.2, -0.15) is 0 Å². The van der Waals surface area contributed by atoms with E-state index in [2.05, 4.69) is 15.8 Å². The molecule has 0 saturated heterocycles. The molecule has 2 amide bonds. The lowest BCUT2D eigenvalue weighted by Crippen LogP contribution is -2.41. The van der Waals surface area contributed by atoms with Crippen molar-refractivity contribution >= 4 is 11.8 Å². The van der Waals surface area contributed by atoms with Gasteiger partial charge < -0.3 is 4.74 Å². The van der Waals surface area contributed by atoms with E-state index in [1.165, 1.54) is 24.4 Å². The van der Waals surface area contributed by atoms with Gasteiger partial charge in [0.1, 0.15) is 11.6 Å². The molecule has 0 unspecified atom stereocenters. The lowest BCUT2D eigenvalue weighted by molar-refractivity contribution is 0.0846. The summed E-state index contributed by atoms with van der Waals surface area (Å²) in [7, 11) is 0. The van der Waals surface area contributed by atoms with Crippen LogP contribution in [0.25, 0.3) is 0 Å². The summed E-state index contributed by atoms with van der Waals surface area (Å²) in [4.78, 5) is 28.0. The maximum absolute atomic E-state index is 12.8. The van der Waals surface area contributed by atoms with E-state index < -0.39 is 17.6 Å². The second kappa shape index (κ2) is 7.89. The lowest BCUT2D eigenvalue weighted by Gasteiger charge is -2.08. The molecule has 6 nitrogen and oxygen atoms in total. The van der Waals surface area contributed by atoms with Gasteiger partial charge in [-0.15, -0.1) is 0 Å². The highest BCUT2D eigenvalue weighted by molar-refractivity contribution is 5.98. The summed E-state index contributed by atoms with van der Waals surface area (Å²) in [5, 5.41) is 0. The van der Waals surface area contributed by atoms with Crippen molar-refractivity contribution in [2.24, 2.45) is 0 Å². The number of benzene rings is 2. The van der Waals surface area contributed by atoms with Crippen LogP contribution in [0.15, 0.2) is 72.9 Å². The number of amides is 2. The third-order valence-corrected chi connectivity index (χ3v) is 3.36. The number of rotatable bonds is 4. The molecule has 0 bridgehead atoms. The molecule has 0 fully saturated rings. The second-order valence-corrected chi connectivity index (χ2v) is 5.22. The molecule has 0 aliphatic heterocycles. The van der Waals surface area contributed by atoms with Gasteiger partial charge in [0.15, 0.2) is 0 Å². The topological polar surface area (TPSA) is 80.3 Å². The van der Waals surface area contributed by atoms with Crippen LogP contribution in [0.5, 0.6) is 11.6 Å². The number of nitrogens with zero attached hydrogens (tertiary/aromatic N) is 1. The number of carbonyl (C=O) groups is 2. The van der Waals surface area contributed by atoms with Crippen molar-refractivity contribution in [3.8, 4) is 11.6 Å². The summed E-state index contributed by atoms with van der Waals surface area (Å²) in [5.41, 5.74) is 4.98. The number of halogens is 1. The van der Waals surface area contributed by atoms with Crippen LogP contribution in [-0.2, 0) is 0 Å². The van der Waals surface area contributed by atoms with Gasteiger partial charge in [-0.1, -0.05) is 18.2 Å². The predicted molar refractivity (Wildman–Crippen MR) is 92.1 cm³/mol. The molecule has 130 valence electrons. The number of hydrogen-bond donors (Lipinski definition) is 2. The van der Waals surface area contributed by atoms with E-state index in [9.17, 15) is 14.0 Å². The van der Waals surface area contributed by atoms with Crippen LogP contribution in [0.1, 0.15) is 20.7 Å². The van der Waals surface area contributed by atoms with Gasteiger partial charge in [0.25, 0.3) is 11.8 Å². The zero-order valence-electron chi connectivity index (χ0n) is 13.5. The van der Waals surface area contributed by atoms with Gasteiger partial charge in [0, 0.05) is 17.8 Å². The molecule has 2 aromatic carbocycles. The summed E-state index contributed by atoms with van der Waals surface area (Å²) < 4.78 is 18.4. The van der Waals surface area contributed by atoms with Crippen LogP contribution in [-0.4, -0.2) is 16.8 Å². The molecular formula is C19H14FN3O3. The van der Waals surface area contributed by atoms with Crippen LogP contribution in [0, 0.1) is 5.82 Å². The average Bonchev–Trinajstić information content (AvgIpc) is 2.68. The quantitative estimate of drug-likeness (QED) is 0.708. The molecule has 0 radical (unpaired) electrons. The van der Waals surface area contributed by atoms with Gasteiger partial charge in [0.05, 0.1) is 5.56 Å². The van der Waals surface area contributed by atoms with Crippen molar-refractivity contribution in [1.29, 1.82) is 0 Å². The van der Waals surface area contributed by atoms with Crippen LogP contribution >= 0.6 is 0 Å². The second-order valence-electron chi connectivity index (χ2n) is 5.22. The number of para-hydroxylation sites is 1. The van der Waals surface area contributed by atoms with E-state index >= 15 is 0 Å². The number of hydrogen-bond acceptors (Lipinski definition) is 4. The third-order valence-electron chi connectivity index (χ3n) is 3.36. The van der Waals surface area contributed by atoms with Gasteiger partial charge in [-0.25, -0.2) is 9.37 Å². The number of pyridine rings is 1. The molecule has 1 aromatic heterocycles. The molecule has 2 N–H and O–H groups in total. The van der Waals surface area contributed by atoms with Crippen LogP contribution in [0.4, 0.5) is 4.39 Å². The van der Waals surface area contributed by atoms with Crippen molar-refractivity contribution in [3.63, 3.8) is 0 Å². The normalized spacial score (nSPS) is 10.0. The number of carbonyl (C=O) groups excluding carboxylic acids is 2. The van der Waals surface area contributed by atoms with Gasteiger partial charge in [0.2, 0.25) is 5.88 Å². The molecule has 0 aliphatic rings. The first-order valence-electron chi connectivity index (χ1n) is 7.67. The van der Waals surface area contributed by atoms with Crippen LogP contribution in [0.3, 0.4) is 0 Å². The van der Waals surface area contributed by atoms with Gasteiger partial charge in [-0.3, -0.25) is 20.4 Å². The Kier molecular flexibility index (Phi) is 5.19. The first-order chi connectivity index (χ1) is 12.6. The van der Waals surface area contributed by atoms with Gasteiger partial charge in [-0.05, 0) is 42.5 Å². The zero-order valence-corrected chi connectivity index (χ0v) is 13.5. The summed E-state index contributed by atoms with van der Waals surface area (Å²) >= 11 is 0. The Bertz CT molecular complexity index is 898. The standard InChI is InChI=1S/C19H14FN3O3/c20-15-9-6-13(7-10-15)18(24)22-23-19(25)14-8-11-17(21-12-14)26-16-4-2-1-3-5-16/h1-12H,(H,22,24)(H,23,25). The van der Waals surface area contributed by atoms with Gasteiger partial charge >= 0.3 is 0 Å². The summed E-state index contributed by atoms with van der Waals surface area (Å²) in [6.45, 7) is 0. The summed E-state index contributed by atoms with van der Waals surface area (Å²) in [6.07, 6.45) is 1.33. The van der Waals surface area contributed by atoms with E-state index in [-0.39, 0.29) is 11.1 Å². The fraction of sp³-hybridized carbons (Fsp3) is 0. The number of nitrogens with one attached hydrogen (secondary N) is 2. The summed E-state index contributed by atoms with van der Waals surface area (Å²) in [6, 6.07) is 17.1. The van der Waals surface area contributed by atoms with Crippen molar-refractivity contribution in [1.82, 2.24) is 15.8 Å². The highest BCUT2D eigenvalue weighted by atomic mass is 19.1. The van der Waals surface area contributed by atoms with E-state index in [1.54, 1.807) is 18.2 Å². The van der Waals surface area contributed by atoms with Crippen molar-refractivity contribution in [2.45, 2.75) is 0 Å². The molecule has 7 heteroatoms. The SMILES string of the molecule is O=C(NNC(=O)c1ccc(Oc2ccccc2)nc1)c1ccc(F)cc1. The molecule has 0 saturated carbocycles. The maximum atomic E-state index is 12.8. The highest BCUT2D eigenvalue weighted by Gasteiger charge is 2.10. The summed E-state index contributed by atoms with van der Waals surface area (Å²) in [5.74, 6) is -0.587. The number of hydrazine groups is 1. The molecule has 0 spiro atoms. The largest absolute Gasteiger partial charge is 0.439 e. The Morgan fingerprint density at radius 2 is 1.42 bits per heavy atom. The first-order valence-corrected chi connectivity index (χ1v) is 7.67. The molecule has 3 aromatic rings. The van der Waals surface area contributed by atoms with E-state index in [0.29, 0.717) is 11.6 Å². The maximum Gasteiger partial charge on any atom is 0.271 e. The third kappa shape index (κ3) is 4.41. The molecule has 26 heavy (non-hydrogen) atoms. The number of ether oxygens (including phenoxy) is 1. The van der Waals surface area contributed by atoms with E-state index in [0.717, 1.165) is 12.1 Å². The Balaban J connectivity index is 1.56. The minimum absolute atomic E-state index is 0.219. The monoisotopic (exact) mass is 351 g/mol. The average molecular weight is 351 g/mol. The minimum Gasteiger partial charge on any atom is -0.439 e. The predicted octanol–water partition coefficient (Wildman–Crippen LogP) is 3.09. The highest BCUT2D eigenvalue weighted by Crippen LogP contribution is 2.18. The number of aromatic nitrogens is 1. The van der Waals surface area contributed by atoms with E-state index in [1.807, 2.05) is 18.2 Å². The van der Waals surface area contributed by atoms with Crippen LogP contribution in [0.2, 0.25) is 0 Å². The molecule has 0 aliphatic carbocycles. The molecular weight excluding hydrogens is 337 g/mol. The smallest absolute Gasteiger partial charge is 0.271 e. The van der Waals surface area contributed by atoms with Crippen LogP contribution < -0.4 is 15.6 Å². The Morgan fingerprint density at radius 1 is 0.808 bits per heavy atom. The van der Waals surface area contributed by atoms with Crippen molar-refractivity contribution in [2.75, 3.05) is 0 Å². The van der Waals surface area contributed by atoms with Crippen molar-refractivity contribution in [3.05, 3.63) is 89.9 Å². The first kappa shape index (κ1) is 17.1. The lowest BCUT2D eigenvalue weighted by atomic mass is 10.2. The van der Waals surface area contributed by atoms with Crippen molar-refractivity contribution < 1.29 is 18.7 Å². The Labute approximate surface area is 148 Å².